The third-order valence-electron chi connectivity index (χ3n) is 8.84. The summed E-state index contributed by atoms with van der Waals surface area (Å²) >= 11 is 0. The summed E-state index contributed by atoms with van der Waals surface area (Å²) < 4.78 is 0. The zero-order chi connectivity index (χ0) is 16.7. The van der Waals surface area contributed by atoms with Crippen LogP contribution in [-0.4, -0.2) is 5.78 Å². The van der Waals surface area contributed by atoms with Gasteiger partial charge in [0.25, 0.3) is 0 Å². The first-order valence-electron chi connectivity index (χ1n) is 9.89. The summed E-state index contributed by atoms with van der Waals surface area (Å²) in [6, 6.07) is 2.84. The quantitative estimate of drug-likeness (QED) is 0.703. The molecule has 0 saturated heterocycles. The number of carbonyl (C=O) groups excluding carboxylic acids is 1. The monoisotopic (exact) mass is 321 g/mol. The summed E-state index contributed by atoms with van der Waals surface area (Å²) in [6.45, 7) is 4.68. The number of hydrogen-bond acceptors (Lipinski definition) is 2. The van der Waals surface area contributed by atoms with Crippen LogP contribution in [0.25, 0.3) is 0 Å². The average Bonchev–Trinajstić information content (AvgIpc) is 3.32. The van der Waals surface area contributed by atoms with Gasteiger partial charge >= 0.3 is 0 Å². The van der Waals surface area contributed by atoms with Crippen LogP contribution in [0.15, 0.2) is 23.8 Å². The Labute approximate surface area is 145 Å². The van der Waals surface area contributed by atoms with Crippen LogP contribution in [-0.2, 0) is 4.79 Å². The summed E-state index contributed by atoms with van der Waals surface area (Å²) in [5, 5.41) is 10.1. The molecule has 0 unspecified atom stereocenters. The maximum atomic E-state index is 11.8. The van der Waals surface area contributed by atoms with Crippen LogP contribution in [0.2, 0.25) is 0 Å². The van der Waals surface area contributed by atoms with E-state index in [9.17, 15) is 10.1 Å². The van der Waals surface area contributed by atoms with E-state index in [2.05, 4.69) is 32.1 Å². The minimum atomic E-state index is -0.0835. The molecule has 126 valence electrons. The molecule has 0 radical (unpaired) electrons. The minimum absolute atomic E-state index is 0.0835. The highest BCUT2D eigenvalue weighted by molar-refractivity contribution is 5.91. The Morgan fingerprint density at radius 2 is 2.17 bits per heavy atom. The Hall–Kier alpha value is -1.36. The summed E-state index contributed by atoms with van der Waals surface area (Å²) in [4.78, 5) is 11.8. The van der Waals surface area contributed by atoms with Crippen molar-refractivity contribution < 1.29 is 4.79 Å². The van der Waals surface area contributed by atoms with E-state index in [4.69, 9.17) is 0 Å². The van der Waals surface area contributed by atoms with Gasteiger partial charge in [-0.25, -0.2) is 0 Å². The zero-order valence-electron chi connectivity index (χ0n) is 14.8. The number of ketones is 1. The van der Waals surface area contributed by atoms with Crippen molar-refractivity contribution in [2.75, 3.05) is 0 Å². The number of allylic oxidation sites excluding steroid dienone is 4. The van der Waals surface area contributed by atoms with Crippen LogP contribution in [0, 0.1) is 57.7 Å². The van der Waals surface area contributed by atoms with Gasteiger partial charge in [0.05, 0.1) is 11.5 Å². The molecule has 0 amide bonds. The number of hydrogen-bond donors (Lipinski definition) is 0. The Morgan fingerprint density at radius 3 is 2.92 bits per heavy atom. The largest absolute Gasteiger partial charge is 0.295 e. The van der Waals surface area contributed by atoms with Gasteiger partial charge in [0.1, 0.15) is 0 Å². The lowest BCUT2D eigenvalue weighted by Gasteiger charge is -2.55. The van der Waals surface area contributed by atoms with Gasteiger partial charge in [-0.15, -0.1) is 0 Å². The fraction of sp³-hybridized carbons (Fsp3) is 0.727. The molecule has 0 bridgehead atoms. The lowest BCUT2D eigenvalue weighted by molar-refractivity contribution is -0.115. The molecule has 0 heterocycles. The van der Waals surface area contributed by atoms with Crippen LogP contribution in [0.3, 0.4) is 0 Å². The molecule has 0 spiro atoms. The first-order chi connectivity index (χ1) is 11.6. The first kappa shape index (κ1) is 14.9. The normalized spacial score (nSPS) is 54.0. The molecule has 0 aromatic carbocycles. The lowest BCUT2D eigenvalue weighted by atomic mass is 9.48. The summed E-state index contributed by atoms with van der Waals surface area (Å²) in [6.07, 6.45) is 13.1. The average molecular weight is 321 g/mol. The van der Waals surface area contributed by atoms with Crippen molar-refractivity contribution in [3.63, 3.8) is 0 Å². The Bertz CT molecular complexity index is 712. The molecular weight excluding hydrogens is 294 g/mol. The van der Waals surface area contributed by atoms with E-state index in [1.807, 2.05) is 6.08 Å². The van der Waals surface area contributed by atoms with Crippen molar-refractivity contribution in [3.8, 4) is 6.07 Å². The molecule has 3 saturated carbocycles. The molecule has 5 aliphatic carbocycles. The van der Waals surface area contributed by atoms with Gasteiger partial charge in [0.2, 0.25) is 0 Å². The first-order valence-corrected chi connectivity index (χ1v) is 9.89. The molecule has 2 nitrogen and oxygen atoms in total. The maximum absolute atomic E-state index is 11.8. The number of nitriles is 1. The van der Waals surface area contributed by atoms with E-state index >= 15 is 0 Å². The van der Waals surface area contributed by atoms with Crippen molar-refractivity contribution in [3.05, 3.63) is 23.8 Å². The highest BCUT2D eigenvalue weighted by Gasteiger charge is 2.75. The highest BCUT2D eigenvalue weighted by atomic mass is 16.1. The van der Waals surface area contributed by atoms with Crippen LogP contribution in [0.5, 0.6) is 0 Å². The van der Waals surface area contributed by atoms with E-state index in [0.717, 1.165) is 25.2 Å². The fourth-order valence-electron chi connectivity index (χ4n) is 7.77. The molecule has 24 heavy (non-hydrogen) atoms. The number of rotatable bonds is 1. The van der Waals surface area contributed by atoms with Crippen molar-refractivity contribution in [2.45, 2.75) is 52.4 Å². The second-order valence-corrected chi connectivity index (χ2v) is 9.28. The summed E-state index contributed by atoms with van der Waals surface area (Å²) in [5.74, 6) is 4.37. The molecule has 2 heteroatoms. The summed E-state index contributed by atoms with van der Waals surface area (Å²) in [5.41, 5.74) is 1.41. The maximum Gasteiger partial charge on any atom is 0.155 e. The minimum Gasteiger partial charge on any atom is -0.295 e. The van der Waals surface area contributed by atoms with E-state index in [0.29, 0.717) is 35.4 Å². The fourth-order valence-corrected chi connectivity index (χ4v) is 7.77. The Balaban J connectivity index is 1.57. The number of carbonyl (C=O) groups is 1. The molecule has 0 N–H and O–H groups in total. The van der Waals surface area contributed by atoms with Crippen LogP contribution >= 0.6 is 0 Å². The molecule has 5 rings (SSSR count). The Morgan fingerprint density at radius 1 is 1.33 bits per heavy atom. The van der Waals surface area contributed by atoms with Gasteiger partial charge in [-0.1, -0.05) is 26.0 Å². The molecule has 3 fully saturated rings. The second-order valence-electron chi connectivity index (χ2n) is 9.28. The summed E-state index contributed by atoms with van der Waals surface area (Å²) in [7, 11) is 0. The van der Waals surface area contributed by atoms with Gasteiger partial charge in [-0.2, -0.15) is 5.26 Å². The molecular formula is C22H27NO. The van der Waals surface area contributed by atoms with Gasteiger partial charge in [-0.3, -0.25) is 4.79 Å². The topological polar surface area (TPSA) is 40.9 Å². The van der Waals surface area contributed by atoms with E-state index < -0.39 is 0 Å². The van der Waals surface area contributed by atoms with Gasteiger partial charge in [0, 0.05) is 6.42 Å². The van der Waals surface area contributed by atoms with E-state index in [-0.39, 0.29) is 10.8 Å². The number of fused-ring (bicyclic) bond motifs is 7. The molecule has 5 aliphatic rings. The smallest absolute Gasteiger partial charge is 0.155 e. The molecule has 0 aromatic heterocycles. The predicted octanol–water partition coefficient (Wildman–Crippen LogP) is 4.68. The van der Waals surface area contributed by atoms with Crippen LogP contribution in [0.4, 0.5) is 0 Å². The van der Waals surface area contributed by atoms with Crippen molar-refractivity contribution in [2.24, 2.45) is 46.3 Å². The lowest BCUT2D eigenvalue weighted by Crippen LogP contribution is -2.50. The van der Waals surface area contributed by atoms with Crippen molar-refractivity contribution in [1.29, 1.82) is 5.26 Å². The van der Waals surface area contributed by atoms with Crippen LogP contribution < -0.4 is 0 Å². The van der Waals surface area contributed by atoms with Crippen LogP contribution in [0.1, 0.15) is 52.4 Å². The van der Waals surface area contributed by atoms with Gasteiger partial charge in [0.15, 0.2) is 5.78 Å². The SMILES string of the molecule is CC[C@]1(C#N)[C@H]2C[C@H]2[C@H]2[C@@H]3C=CC4=CC(=O)CC[C@@H]4[C@H]3CC[C@@]21C. The number of nitrogens with zero attached hydrogens (tertiary/aromatic N) is 1. The van der Waals surface area contributed by atoms with E-state index in [1.165, 1.54) is 24.8 Å². The zero-order valence-corrected chi connectivity index (χ0v) is 14.8. The second kappa shape index (κ2) is 4.63. The standard InChI is InChI=1S/C22H27NO/c1-3-22(12-23)19-11-18(19)20-17-6-4-13-10-14(24)5-7-15(13)16(17)8-9-21(20,22)2/h4,6,10,15-20H,3,5,7-9,11H2,1-2H3/t15-,16+,17+,18+,19-,20+,21-,22-/m0/s1. The highest BCUT2D eigenvalue weighted by Crippen LogP contribution is 2.79. The predicted molar refractivity (Wildman–Crippen MR) is 92.7 cm³/mol. The van der Waals surface area contributed by atoms with Gasteiger partial charge in [-0.05, 0) is 84.7 Å². The molecule has 0 aromatic rings. The van der Waals surface area contributed by atoms with Gasteiger partial charge < -0.3 is 0 Å². The third-order valence-corrected chi connectivity index (χ3v) is 8.84. The molecule has 0 aliphatic heterocycles. The Kier molecular flexibility index (Phi) is 2.88. The van der Waals surface area contributed by atoms with Crippen molar-refractivity contribution in [1.82, 2.24) is 0 Å². The molecule has 8 atom stereocenters. The van der Waals surface area contributed by atoms with Crippen molar-refractivity contribution >= 4 is 5.78 Å². The van der Waals surface area contributed by atoms with E-state index in [1.54, 1.807) is 0 Å². The third kappa shape index (κ3) is 1.55.